The lowest BCUT2D eigenvalue weighted by atomic mass is 9.90. The number of carboxylic acid groups (broad SMARTS) is 1. The van der Waals surface area contributed by atoms with E-state index < -0.39 is 11.4 Å². The second kappa shape index (κ2) is 6.26. The summed E-state index contributed by atoms with van der Waals surface area (Å²) in [6, 6.07) is 8.41. The molecule has 2 aromatic rings. The molecule has 0 atom stereocenters. The van der Waals surface area contributed by atoms with Crippen LogP contribution in [0.3, 0.4) is 0 Å². The molecule has 0 amide bonds. The van der Waals surface area contributed by atoms with Crippen molar-refractivity contribution in [2.24, 2.45) is 0 Å². The predicted octanol–water partition coefficient (Wildman–Crippen LogP) is 3.47. The minimum atomic E-state index is -0.951. The van der Waals surface area contributed by atoms with Gasteiger partial charge in [0.25, 0.3) is 0 Å². The first-order valence-corrected chi connectivity index (χ1v) is 7.76. The Labute approximate surface area is 128 Å². The summed E-state index contributed by atoms with van der Waals surface area (Å²) in [5, 5.41) is 15.0. The highest BCUT2D eigenvalue weighted by Crippen LogP contribution is 2.27. The maximum atomic E-state index is 11.2. The highest BCUT2D eigenvalue weighted by atomic mass is 32.1. The Bertz CT molecular complexity index is 635. The summed E-state index contributed by atoms with van der Waals surface area (Å²) in [5.41, 5.74) is 2.18. The summed E-state index contributed by atoms with van der Waals surface area (Å²) in [4.78, 5) is 15.6. The standard InChI is InChI=1S/C16H20N2O2S/c1-11-5-4-6-12(9-11)7-8-17-15-18-13(10-21-15)16(2,3)14(19)20/h4-6,9-10H,7-8H2,1-3H3,(H,17,18)(H,19,20). The number of nitrogens with one attached hydrogen (secondary N) is 1. The molecule has 2 rings (SSSR count). The van der Waals surface area contributed by atoms with E-state index in [0.29, 0.717) is 5.69 Å². The summed E-state index contributed by atoms with van der Waals surface area (Å²) in [5.74, 6) is -0.862. The van der Waals surface area contributed by atoms with Gasteiger partial charge in [0.1, 0.15) is 5.41 Å². The van der Waals surface area contributed by atoms with E-state index in [9.17, 15) is 9.90 Å². The SMILES string of the molecule is Cc1cccc(CCNc2nc(C(C)(C)C(=O)O)cs2)c1. The number of benzene rings is 1. The molecule has 0 aliphatic heterocycles. The van der Waals surface area contributed by atoms with Crippen LogP contribution < -0.4 is 5.32 Å². The molecule has 5 heteroatoms. The van der Waals surface area contributed by atoms with Gasteiger partial charge in [-0.3, -0.25) is 4.79 Å². The minimum Gasteiger partial charge on any atom is -0.481 e. The topological polar surface area (TPSA) is 62.2 Å². The Morgan fingerprint density at radius 3 is 2.86 bits per heavy atom. The summed E-state index contributed by atoms with van der Waals surface area (Å²) in [6.07, 6.45) is 0.916. The number of rotatable bonds is 6. The zero-order chi connectivity index (χ0) is 15.5. The van der Waals surface area contributed by atoms with Crippen LogP contribution in [0.5, 0.6) is 0 Å². The van der Waals surface area contributed by atoms with E-state index in [2.05, 4.69) is 41.5 Å². The molecule has 0 radical (unpaired) electrons. The summed E-state index contributed by atoms with van der Waals surface area (Å²) in [7, 11) is 0. The smallest absolute Gasteiger partial charge is 0.315 e. The third-order valence-corrected chi connectivity index (χ3v) is 4.25. The van der Waals surface area contributed by atoms with E-state index in [1.165, 1.54) is 22.5 Å². The number of thiazole rings is 1. The fourth-order valence-corrected chi connectivity index (χ4v) is 2.84. The van der Waals surface area contributed by atoms with Crippen molar-refractivity contribution >= 4 is 22.4 Å². The van der Waals surface area contributed by atoms with E-state index in [4.69, 9.17) is 0 Å². The first kappa shape index (κ1) is 15.5. The summed E-state index contributed by atoms with van der Waals surface area (Å²) in [6.45, 7) is 6.20. The molecule has 4 nitrogen and oxygen atoms in total. The average molecular weight is 304 g/mol. The fraction of sp³-hybridized carbons (Fsp3) is 0.375. The molecular formula is C16H20N2O2S. The van der Waals surface area contributed by atoms with E-state index in [1.54, 1.807) is 13.8 Å². The Hall–Kier alpha value is -1.88. The van der Waals surface area contributed by atoms with Gasteiger partial charge >= 0.3 is 5.97 Å². The first-order chi connectivity index (χ1) is 9.89. The highest BCUT2D eigenvalue weighted by Gasteiger charge is 2.32. The van der Waals surface area contributed by atoms with Gasteiger partial charge in [-0.05, 0) is 32.8 Å². The fourth-order valence-electron chi connectivity index (χ4n) is 1.93. The van der Waals surface area contributed by atoms with E-state index in [0.717, 1.165) is 18.1 Å². The highest BCUT2D eigenvalue weighted by molar-refractivity contribution is 7.13. The number of hydrogen-bond acceptors (Lipinski definition) is 4. The lowest BCUT2D eigenvalue weighted by Crippen LogP contribution is -2.28. The Kier molecular flexibility index (Phi) is 4.63. The van der Waals surface area contributed by atoms with Crippen molar-refractivity contribution in [2.45, 2.75) is 32.6 Å². The molecule has 21 heavy (non-hydrogen) atoms. The van der Waals surface area contributed by atoms with Gasteiger partial charge in [0.2, 0.25) is 0 Å². The lowest BCUT2D eigenvalue weighted by Gasteiger charge is -2.15. The van der Waals surface area contributed by atoms with Crippen molar-refractivity contribution in [1.29, 1.82) is 0 Å². The molecule has 0 bridgehead atoms. The van der Waals surface area contributed by atoms with E-state index in [1.807, 2.05) is 5.38 Å². The van der Waals surface area contributed by atoms with Gasteiger partial charge in [0.05, 0.1) is 5.69 Å². The van der Waals surface area contributed by atoms with Gasteiger partial charge in [-0.1, -0.05) is 29.8 Å². The Balaban J connectivity index is 1.93. The molecule has 0 saturated heterocycles. The van der Waals surface area contributed by atoms with Gasteiger partial charge in [0, 0.05) is 11.9 Å². The molecule has 0 saturated carbocycles. The number of nitrogens with zero attached hydrogens (tertiary/aromatic N) is 1. The molecule has 0 spiro atoms. The zero-order valence-corrected chi connectivity index (χ0v) is 13.3. The van der Waals surface area contributed by atoms with Crippen LogP contribution >= 0.6 is 11.3 Å². The number of aliphatic carboxylic acids is 1. The quantitative estimate of drug-likeness (QED) is 0.858. The van der Waals surface area contributed by atoms with Crippen molar-refractivity contribution in [3.63, 3.8) is 0 Å². The van der Waals surface area contributed by atoms with Gasteiger partial charge in [-0.15, -0.1) is 11.3 Å². The number of aromatic nitrogens is 1. The van der Waals surface area contributed by atoms with Gasteiger partial charge < -0.3 is 10.4 Å². The molecule has 1 aromatic carbocycles. The van der Waals surface area contributed by atoms with E-state index >= 15 is 0 Å². The van der Waals surface area contributed by atoms with Gasteiger partial charge in [0.15, 0.2) is 5.13 Å². The molecule has 0 unspecified atom stereocenters. The maximum absolute atomic E-state index is 11.2. The number of carbonyl (C=O) groups is 1. The largest absolute Gasteiger partial charge is 0.481 e. The van der Waals surface area contributed by atoms with Crippen LogP contribution in [0.4, 0.5) is 5.13 Å². The first-order valence-electron chi connectivity index (χ1n) is 6.88. The van der Waals surface area contributed by atoms with Crippen LogP contribution in [0.25, 0.3) is 0 Å². The molecule has 0 aliphatic rings. The van der Waals surface area contributed by atoms with Crippen molar-refractivity contribution in [3.8, 4) is 0 Å². The normalized spacial score (nSPS) is 11.4. The second-order valence-electron chi connectivity index (χ2n) is 5.63. The van der Waals surface area contributed by atoms with E-state index in [-0.39, 0.29) is 0 Å². The number of carboxylic acids is 1. The molecule has 2 N–H and O–H groups in total. The number of aryl methyl sites for hydroxylation is 1. The van der Waals surface area contributed by atoms with Crippen LogP contribution in [0.15, 0.2) is 29.6 Å². The zero-order valence-electron chi connectivity index (χ0n) is 12.5. The molecular weight excluding hydrogens is 284 g/mol. The lowest BCUT2D eigenvalue weighted by molar-refractivity contribution is -0.142. The Morgan fingerprint density at radius 2 is 2.19 bits per heavy atom. The van der Waals surface area contributed by atoms with Crippen LogP contribution in [0.2, 0.25) is 0 Å². The van der Waals surface area contributed by atoms with Crippen molar-refractivity contribution < 1.29 is 9.90 Å². The Morgan fingerprint density at radius 1 is 1.43 bits per heavy atom. The van der Waals surface area contributed by atoms with Crippen LogP contribution in [0.1, 0.15) is 30.7 Å². The van der Waals surface area contributed by atoms with Crippen molar-refractivity contribution in [1.82, 2.24) is 4.98 Å². The third-order valence-electron chi connectivity index (χ3n) is 3.45. The minimum absolute atomic E-state index is 0.595. The summed E-state index contributed by atoms with van der Waals surface area (Å²) >= 11 is 1.45. The predicted molar refractivity (Wildman–Crippen MR) is 86.1 cm³/mol. The monoisotopic (exact) mass is 304 g/mol. The van der Waals surface area contributed by atoms with Gasteiger partial charge in [-0.25, -0.2) is 4.98 Å². The molecule has 1 heterocycles. The molecule has 1 aromatic heterocycles. The van der Waals surface area contributed by atoms with Crippen molar-refractivity contribution in [2.75, 3.05) is 11.9 Å². The third kappa shape index (κ3) is 3.82. The van der Waals surface area contributed by atoms with Crippen LogP contribution in [-0.4, -0.2) is 22.6 Å². The van der Waals surface area contributed by atoms with Crippen LogP contribution in [0, 0.1) is 6.92 Å². The second-order valence-corrected chi connectivity index (χ2v) is 6.49. The maximum Gasteiger partial charge on any atom is 0.315 e. The van der Waals surface area contributed by atoms with Crippen molar-refractivity contribution in [3.05, 3.63) is 46.5 Å². The molecule has 0 aliphatic carbocycles. The molecule has 0 fully saturated rings. The summed E-state index contributed by atoms with van der Waals surface area (Å²) < 4.78 is 0. The number of hydrogen-bond donors (Lipinski definition) is 2. The average Bonchev–Trinajstić information content (AvgIpc) is 2.88. The molecule has 112 valence electrons. The van der Waals surface area contributed by atoms with Gasteiger partial charge in [-0.2, -0.15) is 0 Å². The number of anilines is 1. The van der Waals surface area contributed by atoms with Crippen LogP contribution in [-0.2, 0) is 16.6 Å².